The zero-order valence-corrected chi connectivity index (χ0v) is 20.0. The highest BCUT2D eigenvalue weighted by atomic mass is 127. The first kappa shape index (κ1) is 23.1. The van der Waals surface area contributed by atoms with Gasteiger partial charge in [-0.15, -0.1) is 24.0 Å². The lowest BCUT2D eigenvalue weighted by Gasteiger charge is -2.36. The van der Waals surface area contributed by atoms with E-state index in [-0.39, 0.29) is 24.0 Å². The van der Waals surface area contributed by atoms with Crippen LogP contribution in [0, 0.1) is 0 Å². The van der Waals surface area contributed by atoms with Gasteiger partial charge in [-0.05, 0) is 19.8 Å². The van der Waals surface area contributed by atoms with Crippen LogP contribution in [0.2, 0.25) is 0 Å². The monoisotopic (exact) mass is 521 g/mol. The summed E-state index contributed by atoms with van der Waals surface area (Å²) in [7, 11) is 0. The second-order valence-electron chi connectivity index (χ2n) is 6.89. The quantitative estimate of drug-likeness (QED) is 0.256. The molecule has 3 heterocycles. The van der Waals surface area contributed by atoms with Gasteiger partial charge in [0.1, 0.15) is 5.82 Å². The number of aromatic nitrogens is 2. The Bertz CT molecular complexity index is 646. The zero-order valence-electron chi connectivity index (χ0n) is 16.9. The standard InChI is InChI=1S/C18H31N7OS.HI/c1-3-15-21-18(27-22-15)25-13-11-24(12-14-25)17(19-4-2)20-8-6-10-23-9-5-7-16(23)26;/h3-14H2,1-2H3,(H,19,20);1H. The molecule has 1 N–H and O–H groups in total. The molecule has 2 saturated heterocycles. The SMILES string of the molecule is CCNC(=NCCCN1CCCC1=O)N1CCN(c2nc(CC)ns2)CC1.I. The molecule has 3 rings (SSSR count). The molecular weight excluding hydrogens is 489 g/mol. The molecule has 2 aliphatic rings. The van der Waals surface area contributed by atoms with Crippen LogP contribution >= 0.6 is 35.5 Å². The predicted molar refractivity (Wildman–Crippen MR) is 125 cm³/mol. The number of rotatable bonds is 7. The lowest BCUT2D eigenvalue weighted by molar-refractivity contribution is -0.127. The minimum absolute atomic E-state index is 0. The van der Waals surface area contributed by atoms with Gasteiger partial charge in [-0.3, -0.25) is 9.79 Å². The first-order chi connectivity index (χ1) is 13.2. The largest absolute Gasteiger partial charge is 0.357 e. The van der Waals surface area contributed by atoms with Crippen LogP contribution in [0.3, 0.4) is 0 Å². The zero-order chi connectivity index (χ0) is 19.1. The second-order valence-corrected chi connectivity index (χ2v) is 7.62. The number of halogens is 1. The molecule has 0 saturated carbocycles. The third-order valence-electron chi connectivity index (χ3n) is 4.98. The number of hydrogen-bond donors (Lipinski definition) is 1. The van der Waals surface area contributed by atoms with E-state index in [1.165, 1.54) is 11.5 Å². The fourth-order valence-electron chi connectivity index (χ4n) is 3.44. The van der Waals surface area contributed by atoms with Gasteiger partial charge in [0.05, 0.1) is 0 Å². The number of nitrogens with one attached hydrogen (secondary N) is 1. The first-order valence-corrected chi connectivity index (χ1v) is 10.9. The fraction of sp³-hybridized carbons (Fsp3) is 0.778. The van der Waals surface area contributed by atoms with Crippen LogP contribution in [0.4, 0.5) is 5.13 Å². The van der Waals surface area contributed by atoms with Crippen LogP contribution in [0.25, 0.3) is 0 Å². The molecule has 28 heavy (non-hydrogen) atoms. The van der Waals surface area contributed by atoms with Crippen LogP contribution in [0.5, 0.6) is 0 Å². The minimum atomic E-state index is 0. The highest BCUT2D eigenvalue weighted by Crippen LogP contribution is 2.19. The van der Waals surface area contributed by atoms with E-state index >= 15 is 0 Å². The van der Waals surface area contributed by atoms with Gasteiger partial charge < -0.3 is 20.0 Å². The van der Waals surface area contributed by atoms with Crippen molar-refractivity contribution < 1.29 is 4.79 Å². The molecule has 0 bridgehead atoms. The third kappa shape index (κ3) is 6.16. The summed E-state index contributed by atoms with van der Waals surface area (Å²) in [4.78, 5) is 27.7. The number of carbonyl (C=O) groups excluding carboxylic acids is 1. The Kier molecular flexibility index (Phi) is 9.69. The normalized spacial score (nSPS) is 17.9. The van der Waals surface area contributed by atoms with E-state index in [0.29, 0.717) is 12.3 Å². The maximum absolute atomic E-state index is 11.7. The molecular formula is C18H32IN7OS. The molecule has 1 amide bonds. The lowest BCUT2D eigenvalue weighted by Crippen LogP contribution is -2.52. The summed E-state index contributed by atoms with van der Waals surface area (Å²) in [6, 6.07) is 0. The highest BCUT2D eigenvalue weighted by molar-refractivity contribution is 14.0. The van der Waals surface area contributed by atoms with Gasteiger partial charge in [0.25, 0.3) is 0 Å². The molecule has 2 aliphatic heterocycles. The number of piperazine rings is 1. The number of hydrogen-bond acceptors (Lipinski definition) is 6. The van der Waals surface area contributed by atoms with Crippen molar-refractivity contribution in [2.45, 2.75) is 39.5 Å². The molecule has 0 aromatic carbocycles. The number of aliphatic imine (C=N–C) groups is 1. The molecule has 0 unspecified atom stereocenters. The molecule has 0 aliphatic carbocycles. The fourth-order valence-corrected chi connectivity index (χ4v) is 4.24. The van der Waals surface area contributed by atoms with Crippen LogP contribution in [0.1, 0.15) is 38.9 Å². The summed E-state index contributed by atoms with van der Waals surface area (Å²) in [5.74, 6) is 2.21. The van der Waals surface area contributed by atoms with Gasteiger partial charge >= 0.3 is 0 Å². The number of amides is 1. The summed E-state index contributed by atoms with van der Waals surface area (Å²) in [5.41, 5.74) is 0. The minimum Gasteiger partial charge on any atom is -0.357 e. The number of aryl methyl sites for hydroxylation is 1. The van der Waals surface area contributed by atoms with Gasteiger partial charge in [-0.25, -0.2) is 4.98 Å². The van der Waals surface area contributed by atoms with E-state index in [9.17, 15) is 4.79 Å². The smallest absolute Gasteiger partial charge is 0.222 e. The van der Waals surface area contributed by atoms with Crippen LogP contribution in [-0.4, -0.2) is 83.4 Å². The van der Waals surface area contributed by atoms with Gasteiger partial charge in [0.2, 0.25) is 11.0 Å². The molecule has 1 aromatic heterocycles. The Morgan fingerprint density at radius 1 is 1.21 bits per heavy atom. The Morgan fingerprint density at radius 3 is 2.61 bits per heavy atom. The summed E-state index contributed by atoms with van der Waals surface area (Å²) >= 11 is 1.50. The Labute approximate surface area is 189 Å². The van der Waals surface area contributed by atoms with Crippen molar-refractivity contribution in [3.8, 4) is 0 Å². The van der Waals surface area contributed by atoms with Crippen molar-refractivity contribution in [3.05, 3.63) is 5.82 Å². The number of nitrogens with zero attached hydrogens (tertiary/aromatic N) is 6. The van der Waals surface area contributed by atoms with E-state index in [1.807, 2.05) is 4.90 Å². The predicted octanol–water partition coefficient (Wildman–Crippen LogP) is 1.82. The average molecular weight is 521 g/mol. The molecule has 10 heteroatoms. The van der Waals surface area contributed by atoms with Crippen LogP contribution in [-0.2, 0) is 11.2 Å². The molecule has 8 nitrogen and oxygen atoms in total. The highest BCUT2D eigenvalue weighted by Gasteiger charge is 2.22. The van der Waals surface area contributed by atoms with E-state index in [4.69, 9.17) is 4.99 Å². The van der Waals surface area contributed by atoms with Crippen molar-refractivity contribution in [1.29, 1.82) is 0 Å². The molecule has 0 spiro atoms. The summed E-state index contributed by atoms with van der Waals surface area (Å²) in [6.07, 6.45) is 3.52. The molecule has 0 atom stereocenters. The lowest BCUT2D eigenvalue weighted by atomic mass is 10.3. The molecule has 0 radical (unpaired) electrons. The maximum atomic E-state index is 11.7. The van der Waals surface area contributed by atoms with Crippen LogP contribution in [0.15, 0.2) is 4.99 Å². The van der Waals surface area contributed by atoms with Crippen molar-refractivity contribution in [3.63, 3.8) is 0 Å². The second kappa shape index (κ2) is 11.7. The van der Waals surface area contributed by atoms with E-state index in [2.05, 4.69) is 38.3 Å². The van der Waals surface area contributed by atoms with Crippen molar-refractivity contribution in [2.75, 3.05) is 57.3 Å². The number of guanidine groups is 1. The first-order valence-electron chi connectivity index (χ1n) is 10.1. The van der Waals surface area contributed by atoms with Gasteiger partial charge in [0.15, 0.2) is 5.96 Å². The molecule has 1 aromatic rings. The summed E-state index contributed by atoms with van der Waals surface area (Å²) < 4.78 is 4.39. The van der Waals surface area contributed by atoms with E-state index in [0.717, 1.165) is 88.5 Å². The van der Waals surface area contributed by atoms with Crippen LogP contribution < -0.4 is 10.2 Å². The molecule has 2 fully saturated rings. The van der Waals surface area contributed by atoms with E-state index < -0.39 is 0 Å². The number of anilines is 1. The van der Waals surface area contributed by atoms with Gasteiger partial charge in [-0.2, -0.15) is 4.37 Å². The van der Waals surface area contributed by atoms with Crippen molar-refractivity contribution in [2.24, 2.45) is 4.99 Å². The third-order valence-corrected chi connectivity index (χ3v) is 5.79. The topological polar surface area (TPSA) is 77.0 Å². The van der Waals surface area contributed by atoms with Crippen molar-refractivity contribution >= 4 is 52.5 Å². The maximum Gasteiger partial charge on any atom is 0.222 e. The summed E-state index contributed by atoms with van der Waals surface area (Å²) in [6.45, 7) is 11.3. The van der Waals surface area contributed by atoms with Gasteiger partial charge in [0, 0.05) is 76.7 Å². The molecule has 158 valence electrons. The number of carbonyl (C=O) groups is 1. The van der Waals surface area contributed by atoms with E-state index in [1.54, 1.807) is 0 Å². The Morgan fingerprint density at radius 2 is 2.00 bits per heavy atom. The van der Waals surface area contributed by atoms with Gasteiger partial charge in [-0.1, -0.05) is 6.92 Å². The van der Waals surface area contributed by atoms with Crippen molar-refractivity contribution in [1.82, 2.24) is 24.5 Å². The summed E-state index contributed by atoms with van der Waals surface area (Å²) in [5, 5.41) is 4.44. The number of likely N-dealkylation sites (tertiary alicyclic amines) is 1. The Hall–Kier alpha value is -1.17. The Balaban J connectivity index is 0.00000280. The average Bonchev–Trinajstić information content (AvgIpc) is 3.33.